The van der Waals surface area contributed by atoms with E-state index < -0.39 is 11.3 Å². The number of benzene rings is 1. The van der Waals surface area contributed by atoms with E-state index in [1.54, 1.807) is 30.0 Å². The highest BCUT2D eigenvalue weighted by molar-refractivity contribution is 5.76. The molecule has 0 saturated carbocycles. The third-order valence-corrected chi connectivity index (χ3v) is 5.32. The Morgan fingerprint density at radius 2 is 1.91 bits per heavy atom. The fourth-order valence-corrected chi connectivity index (χ4v) is 4.73. The van der Waals surface area contributed by atoms with E-state index in [0.717, 1.165) is 5.56 Å². The van der Waals surface area contributed by atoms with Crippen molar-refractivity contribution in [3.05, 3.63) is 29.8 Å². The van der Waals surface area contributed by atoms with Crippen molar-refractivity contribution in [2.24, 2.45) is 10.8 Å². The minimum atomic E-state index is -1.03. The van der Waals surface area contributed by atoms with E-state index >= 15 is 0 Å². The summed E-state index contributed by atoms with van der Waals surface area (Å²) in [4.78, 5) is 25.7. The van der Waals surface area contributed by atoms with E-state index in [9.17, 15) is 9.90 Å². The Bertz CT molecular complexity index is 663. The van der Waals surface area contributed by atoms with Gasteiger partial charge in [-0.25, -0.2) is 4.89 Å². The number of nitrogens with zero attached hydrogens (tertiary/aromatic N) is 1. The first-order valence-electron chi connectivity index (χ1n) is 7.94. The number of aromatic hydroxyl groups is 1. The zero-order chi connectivity index (χ0) is 17.3. The first kappa shape index (κ1) is 16.3. The van der Waals surface area contributed by atoms with Crippen molar-refractivity contribution < 1.29 is 19.7 Å². The average molecular weight is 319 g/mol. The second kappa shape index (κ2) is 4.48. The Morgan fingerprint density at radius 3 is 2.35 bits per heavy atom. The molecule has 2 aliphatic heterocycles. The van der Waals surface area contributed by atoms with Crippen LogP contribution in [0.3, 0.4) is 0 Å². The molecule has 1 aromatic carbocycles. The monoisotopic (exact) mass is 319 g/mol. The van der Waals surface area contributed by atoms with E-state index in [4.69, 9.17) is 9.78 Å². The number of amides is 1. The number of phenols is 1. The topological polar surface area (TPSA) is 59.0 Å². The minimum Gasteiger partial charge on any atom is -0.508 e. The van der Waals surface area contributed by atoms with Gasteiger partial charge < -0.3 is 10.0 Å². The number of hydrogen-bond donors (Lipinski definition) is 1. The van der Waals surface area contributed by atoms with Gasteiger partial charge in [-0.2, -0.15) is 4.89 Å². The lowest BCUT2D eigenvalue weighted by atomic mass is 9.57. The molecule has 5 heteroatoms. The Labute approximate surface area is 137 Å². The van der Waals surface area contributed by atoms with Gasteiger partial charge >= 0.3 is 0 Å². The largest absolute Gasteiger partial charge is 0.508 e. The highest BCUT2D eigenvalue weighted by atomic mass is 17.3. The molecule has 1 N–H and O–H groups in total. The predicted octanol–water partition coefficient (Wildman–Crippen LogP) is 3.18. The molecule has 5 nitrogen and oxygen atoms in total. The van der Waals surface area contributed by atoms with Gasteiger partial charge in [0.2, 0.25) is 11.6 Å². The number of carbonyl (C=O) groups is 1. The Balaban J connectivity index is 2.31. The van der Waals surface area contributed by atoms with Crippen LogP contribution in [0.15, 0.2) is 24.3 Å². The first-order chi connectivity index (χ1) is 10.5. The summed E-state index contributed by atoms with van der Waals surface area (Å²) in [5, 5.41) is 9.94. The number of fused-ring (bicyclic) bond motifs is 1. The van der Waals surface area contributed by atoms with Crippen molar-refractivity contribution >= 4 is 5.91 Å². The Hall–Kier alpha value is -1.59. The number of phenolic OH excluding ortho intramolecular Hbond substituents is 1. The van der Waals surface area contributed by atoms with Crippen LogP contribution in [0.2, 0.25) is 0 Å². The number of hydrogen-bond acceptors (Lipinski definition) is 4. The molecule has 0 bridgehead atoms. The first-order valence-corrected chi connectivity index (χ1v) is 7.94. The van der Waals surface area contributed by atoms with Gasteiger partial charge in [-0.15, -0.1) is 0 Å². The minimum absolute atomic E-state index is 0.0733. The molecule has 2 heterocycles. The van der Waals surface area contributed by atoms with Crippen molar-refractivity contribution in [3.63, 3.8) is 0 Å². The summed E-state index contributed by atoms with van der Waals surface area (Å²) in [6.07, 6.45) is 0. The number of rotatable bonds is 1. The Morgan fingerprint density at radius 1 is 1.26 bits per heavy atom. The maximum Gasteiger partial charge on any atom is 0.236 e. The number of likely N-dealkylation sites (tertiary alicyclic amines) is 1. The van der Waals surface area contributed by atoms with Gasteiger partial charge in [0.15, 0.2) is 5.60 Å². The third-order valence-electron chi connectivity index (χ3n) is 5.32. The van der Waals surface area contributed by atoms with Crippen LogP contribution in [0.1, 0.15) is 47.1 Å². The summed E-state index contributed by atoms with van der Waals surface area (Å²) in [5.74, 6) is 0.0687. The molecule has 0 aliphatic carbocycles. The van der Waals surface area contributed by atoms with E-state index in [1.165, 1.54) is 0 Å². The molecule has 1 amide bonds. The maximum absolute atomic E-state index is 12.4. The van der Waals surface area contributed by atoms with Gasteiger partial charge in [-0.3, -0.25) is 4.79 Å². The van der Waals surface area contributed by atoms with Crippen molar-refractivity contribution in [3.8, 4) is 5.75 Å². The zero-order valence-electron chi connectivity index (χ0n) is 14.6. The molecular formula is C18H25NO4. The summed E-state index contributed by atoms with van der Waals surface area (Å²) in [7, 11) is 0. The fourth-order valence-electron chi connectivity index (χ4n) is 4.73. The van der Waals surface area contributed by atoms with E-state index in [0.29, 0.717) is 6.54 Å². The quantitative estimate of drug-likeness (QED) is 0.808. The average Bonchev–Trinajstić information content (AvgIpc) is 2.49. The number of carbonyl (C=O) groups excluding carboxylic acids is 1. The fraction of sp³-hybridized carbons (Fsp3) is 0.611. The normalized spacial score (nSPS) is 32.3. The molecular weight excluding hydrogens is 294 g/mol. The lowest BCUT2D eigenvalue weighted by molar-refractivity contribution is -0.603. The van der Waals surface area contributed by atoms with Crippen molar-refractivity contribution in [2.45, 2.75) is 52.9 Å². The molecule has 126 valence electrons. The summed E-state index contributed by atoms with van der Waals surface area (Å²) in [6.45, 7) is 12.5. The van der Waals surface area contributed by atoms with Crippen molar-refractivity contribution in [1.82, 2.24) is 4.90 Å². The van der Waals surface area contributed by atoms with Crippen LogP contribution < -0.4 is 0 Å². The lowest BCUT2D eigenvalue weighted by Crippen LogP contribution is -2.75. The molecule has 2 saturated heterocycles. The second-order valence-electron chi connectivity index (χ2n) is 8.28. The highest BCUT2D eigenvalue weighted by Gasteiger charge is 2.83. The summed E-state index contributed by atoms with van der Waals surface area (Å²) >= 11 is 0. The van der Waals surface area contributed by atoms with Gasteiger partial charge in [0.1, 0.15) is 5.75 Å². The van der Waals surface area contributed by atoms with Crippen LogP contribution in [-0.4, -0.2) is 28.1 Å². The lowest BCUT2D eigenvalue weighted by Gasteiger charge is -2.63. The molecule has 23 heavy (non-hydrogen) atoms. The van der Waals surface area contributed by atoms with Crippen LogP contribution in [0.5, 0.6) is 5.75 Å². The molecule has 0 spiro atoms. The summed E-state index contributed by atoms with van der Waals surface area (Å²) < 4.78 is 0. The molecule has 2 aliphatic rings. The standard InChI is InChI=1S/C18H25NO4/c1-12(20)19-11-16(5,6)18(15(2,3)4)17(19,22-23-18)13-8-7-9-14(21)10-13/h7-10,21H,11H2,1-6H3. The third kappa shape index (κ3) is 1.72. The molecule has 2 unspecified atom stereocenters. The van der Waals surface area contributed by atoms with Crippen molar-refractivity contribution in [1.29, 1.82) is 0 Å². The summed E-state index contributed by atoms with van der Waals surface area (Å²) in [6, 6.07) is 6.90. The van der Waals surface area contributed by atoms with Gasteiger partial charge in [0.25, 0.3) is 0 Å². The van der Waals surface area contributed by atoms with Crippen LogP contribution in [-0.2, 0) is 20.3 Å². The van der Waals surface area contributed by atoms with Gasteiger partial charge in [-0.05, 0) is 12.1 Å². The van der Waals surface area contributed by atoms with Gasteiger partial charge in [-0.1, -0.05) is 46.8 Å². The van der Waals surface area contributed by atoms with Crippen LogP contribution in [0, 0.1) is 10.8 Å². The van der Waals surface area contributed by atoms with Crippen LogP contribution in [0.25, 0.3) is 0 Å². The maximum atomic E-state index is 12.4. The van der Waals surface area contributed by atoms with E-state index in [2.05, 4.69) is 34.6 Å². The SMILES string of the molecule is CC(=O)N1CC(C)(C)C2(C(C)(C)C)OOC12c1cccc(O)c1. The van der Waals surface area contributed by atoms with Crippen LogP contribution >= 0.6 is 0 Å². The molecule has 3 rings (SSSR count). The van der Waals surface area contributed by atoms with Crippen LogP contribution in [0.4, 0.5) is 0 Å². The molecule has 0 radical (unpaired) electrons. The predicted molar refractivity (Wildman–Crippen MR) is 85.3 cm³/mol. The highest BCUT2D eigenvalue weighted by Crippen LogP contribution is 2.70. The van der Waals surface area contributed by atoms with E-state index in [-0.39, 0.29) is 22.5 Å². The van der Waals surface area contributed by atoms with Gasteiger partial charge in [0, 0.05) is 29.9 Å². The molecule has 0 aromatic heterocycles. The van der Waals surface area contributed by atoms with Gasteiger partial charge in [0.05, 0.1) is 0 Å². The zero-order valence-corrected chi connectivity index (χ0v) is 14.6. The summed E-state index contributed by atoms with van der Waals surface area (Å²) in [5.41, 5.74) is -1.61. The van der Waals surface area contributed by atoms with Crippen molar-refractivity contribution in [2.75, 3.05) is 6.54 Å². The van der Waals surface area contributed by atoms with E-state index in [1.807, 2.05) is 6.07 Å². The second-order valence-corrected chi connectivity index (χ2v) is 8.28. The molecule has 1 aromatic rings. The molecule has 2 fully saturated rings. The molecule has 2 atom stereocenters. The Kier molecular flexibility index (Phi) is 3.17. The smallest absolute Gasteiger partial charge is 0.236 e.